The van der Waals surface area contributed by atoms with Crippen LogP contribution in [0.25, 0.3) is 0 Å². The van der Waals surface area contributed by atoms with Crippen LogP contribution >= 0.6 is 0 Å². The van der Waals surface area contributed by atoms with Gasteiger partial charge in [-0.15, -0.1) is 0 Å². The Kier molecular flexibility index (Phi) is 9.69. The summed E-state index contributed by atoms with van der Waals surface area (Å²) >= 11 is 0. The fourth-order valence-electron chi connectivity index (χ4n) is 4.44. The molecule has 1 unspecified atom stereocenters. The summed E-state index contributed by atoms with van der Waals surface area (Å²) in [7, 11) is 0. The summed E-state index contributed by atoms with van der Waals surface area (Å²) in [5, 5.41) is 19.1. The molecule has 0 amide bonds. The zero-order valence-corrected chi connectivity index (χ0v) is 20.6. The summed E-state index contributed by atoms with van der Waals surface area (Å²) in [6.45, 7) is 8.54. The summed E-state index contributed by atoms with van der Waals surface area (Å²) in [5.41, 5.74) is 5.35. The van der Waals surface area contributed by atoms with Gasteiger partial charge in [0.15, 0.2) is 11.6 Å². The summed E-state index contributed by atoms with van der Waals surface area (Å²) in [4.78, 5) is 21.5. The molecular formula is C27H33FN2O6. The molecule has 0 aliphatic carbocycles. The third kappa shape index (κ3) is 7.21. The smallest absolute Gasteiger partial charge is 0.328 e. The van der Waals surface area contributed by atoms with Crippen molar-refractivity contribution in [3.63, 3.8) is 0 Å². The Balaban J connectivity index is 0.000000392. The molecular weight excluding hydrogens is 467 g/mol. The molecule has 0 aromatic heterocycles. The SMILES string of the molecule is CCC(CN1CCOc2cc3c(c(C)c21)CCNCC3)Oc1ccccc1F.O=C(O)/C=C/C(=O)O. The molecule has 0 fully saturated rings. The molecule has 2 aromatic rings. The van der Waals surface area contributed by atoms with Gasteiger partial charge in [0.1, 0.15) is 18.5 Å². The number of hydrogen-bond donors (Lipinski definition) is 3. The monoisotopic (exact) mass is 500 g/mol. The van der Waals surface area contributed by atoms with Crippen LogP contribution in [0.5, 0.6) is 11.5 Å². The van der Waals surface area contributed by atoms with E-state index in [0.29, 0.717) is 24.5 Å². The molecule has 0 spiro atoms. The minimum Gasteiger partial charge on any atom is -0.490 e. The second-order valence-corrected chi connectivity index (χ2v) is 8.62. The van der Waals surface area contributed by atoms with E-state index in [4.69, 9.17) is 19.7 Å². The van der Waals surface area contributed by atoms with Gasteiger partial charge in [-0.3, -0.25) is 0 Å². The van der Waals surface area contributed by atoms with Gasteiger partial charge in [-0.2, -0.15) is 0 Å². The number of halogens is 1. The lowest BCUT2D eigenvalue weighted by molar-refractivity contribution is -0.134. The molecule has 36 heavy (non-hydrogen) atoms. The highest BCUT2D eigenvalue weighted by molar-refractivity contribution is 5.89. The van der Waals surface area contributed by atoms with E-state index in [-0.39, 0.29) is 11.9 Å². The fourth-order valence-corrected chi connectivity index (χ4v) is 4.44. The van der Waals surface area contributed by atoms with Crippen molar-refractivity contribution in [2.75, 3.05) is 37.7 Å². The zero-order chi connectivity index (χ0) is 26.1. The van der Waals surface area contributed by atoms with Crippen LogP contribution in [-0.2, 0) is 22.4 Å². The van der Waals surface area contributed by atoms with Crippen molar-refractivity contribution >= 4 is 17.6 Å². The third-order valence-corrected chi connectivity index (χ3v) is 6.17. The molecule has 8 nitrogen and oxygen atoms in total. The highest BCUT2D eigenvalue weighted by Gasteiger charge is 2.27. The van der Waals surface area contributed by atoms with Crippen molar-refractivity contribution in [3.05, 3.63) is 65.0 Å². The number of fused-ring (bicyclic) bond motifs is 2. The van der Waals surface area contributed by atoms with E-state index in [9.17, 15) is 14.0 Å². The Morgan fingerprint density at radius 1 is 1.19 bits per heavy atom. The molecule has 0 saturated heterocycles. The largest absolute Gasteiger partial charge is 0.490 e. The molecule has 4 rings (SSSR count). The normalized spacial score (nSPS) is 15.5. The number of carbonyl (C=O) groups is 2. The number of anilines is 1. The van der Waals surface area contributed by atoms with Gasteiger partial charge in [0.05, 0.1) is 18.8 Å². The first-order valence-electron chi connectivity index (χ1n) is 12.1. The number of carboxylic acid groups (broad SMARTS) is 2. The van der Waals surface area contributed by atoms with Crippen molar-refractivity contribution in [1.29, 1.82) is 0 Å². The van der Waals surface area contributed by atoms with Crippen molar-refractivity contribution in [1.82, 2.24) is 5.32 Å². The second kappa shape index (κ2) is 12.9. The predicted octanol–water partition coefficient (Wildman–Crippen LogP) is 3.59. The maximum Gasteiger partial charge on any atom is 0.328 e. The maximum absolute atomic E-state index is 14.0. The summed E-state index contributed by atoms with van der Waals surface area (Å²) < 4.78 is 26.1. The van der Waals surface area contributed by atoms with Crippen LogP contribution in [0.4, 0.5) is 10.1 Å². The Bertz CT molecular complexity index is 1090. The van der Waals surface area contributed by atoms with E-state index in [2.05, 4.69) is 30.1 Å². The highest BCUT2D eigenvalue weighted by atomic mass is 19.1. The van der Waals surface area contributed by atoms with Crippen LogP contribution < -0.4 is 19.7 Å². The predicted molar refractivity (Wildman–Crippen MR) is 135 cm³/mol. The van der Waals surface area contributed by atoms with Crippen LogP contribution in [0.3, 0.4) is 0 Å². The quantitative estimate of drug-likeness (QED) is 0.495. The number of ether oxygens (including phenoxy) is 2. The average molecular weight is 501 g/mol. The van der Waals surface area contributed by atoms with Crippen LogP contribution in [0, 0.1) is 12.7 Å². The van der Waals surface area contributed by atoms with Gasteiger partial charge in [-0.05, 0) is 74.2 Å². The maximum atomic E-state index is 14.0. The van der Waals surface area contributed by atoms with E-state index in [1.54, 1.807) is 12.1 Å². The van der Waals surface area contributed by atoms with Crippen molar-refractivity contribution in [3.8, 4) is 11.5 Å². The second-order valence-electron chi connectivity index (χ2n) is 8.62. The molecule has 0 bridgehead atoms. The molecule has 1 atom stereocenters. The lowest BCUT2D eigenvalue weighted by Gasteiger charge is -2.36. The Hall–Kier alpha value is -3.59. The molecule has 0 radical (unpaired) electrons. The fraction of sp³-hybridized carbons (Fsp3) is 0.407. The first-order chi connectivity index (χ1) is 17.3. The van der Waals surface area contributed by atoms with Crippen molar-refractivity contribution < 1.29 is 33.7 Å². The minimum absolute atomic E-state index is 0.0808. The van der Waals surface area contributed by atoms with Crippen LogP contribution in [0.2, 0.25) is 0 Å². The topological polar surface area (TPSA) is 108 Å². The Labute approximate surface area is 210 Å². The van der Waals surface area contributed by atoms with E-state index in [0.717, 1.165) is 51.2 Å². The Morgan fingerprint density at radius 2 is 1.89 bits per heavy atom. The number of rotatable bonds is 7. The molecule has 2 heterocycles. The lowest BCUT2D eigenvalue weighted by atomic mass is 9.94. The van der Waals surface area contributed by atoms with Gasteiger partial charge < -0.3 is 29.9 Å². The molecule has 9 heteroatoms. The van der Waals surface area contributed by atoms with Crippen molar-refractivity contribution in [2.24, 2.45) is 0 Å². The first kappa shape index (κ1) is 27.0. The number of nitrogens with zero attached hydrogens (tertiary/aromatic N) is 1. The van der Waals surface area contributed by atoms with Gasteiger partial charge in [0.2, 0.25) is 0 Å². The van der Waals surface area contributed by atoms with Crippen LogP contribution in [0.15, 0.2) is 42.5 Å². The van der Waals surface area contributed by atoms with Gasteiger partial charge in [0, 0.05) is 12.2 Å². The summed E-state index contributed by atoms with van der Waals surface area (Å²) in [6.07, 6.45) is 3.94. The lowest BCUT2D eigenvalue weighted by Crippen LogP contribution is -2.41. The molecule has 2 aliphatic rings. The molecule has 194 valence electrons. The van der Waals surface area contributed by atoms with E-state index in [1.165, 1.54) is 28.4 Å². The number of benzene rings is 2. The molecule has 0 saturated carbocycles. The number of hydrogen-bond acceptors (Lipinski definition) is 6. The number of para-hydroxylation sites is 1. The third-order valence-electron chi connectivity index (χ3n) is 6.17. The summed E-state index contributed by atoms with van der Waals surface area (Å²) in [6, 6.07) is 8.87. The van der Waals surface area contributed by atoms with Gasteiger partial charge in [0.25, 0.3) is 0 Å². The van der Waals surface area contributed by atoms with Gasteiger partial charge in [-0.1, -0.05) is 19.1 Å². The van der Waals surface area contributed by atoms with Crippen LogP contribution in [-0.4, -0.2) is 61.0 Å². The number of aliphatic carboxylic acids is 2. The highest BCUT2D eigenvalue weighted by Crippen LogP contribution is 2.39. The average Bonchev–Trinajstić information content (AvgIpc) is 3.10. The van der Waals surface area contributed by atoms with Crippen molar-refractivity contribution in [2.45, 2.75) is 39.2 Å². The molecule has 2 aliphatic heterocycles. The van der Waals surface area contributed by atoms with E-state index >= 15 is 0 Å². The summed E-state index contributed by atoms with van der Waals surface area (Å²) in [5.74, 6) is -1.52. The number of carboxylic acids is 2. The van der Waals surface area contributed by atoms with Gasteiger partial charge in [-0.25, -0.2) is 14.0 Å². The van der Waals surface area contributed by atoms with Crippen LogP contribution in [0.1, 0.15) is 30.0 Å². The Morgan fingerprint density at radius 3 is 2.56 bits per heavy atom. The van der Waals surface area contributed by atoms with Gasteiger partial charge >= 0.3 is 11.9 Å². The minimum atomic E-state index is -1.26. The molecule has 3 N–H and O–H groups in total. The van der Waals surface area contributed by atoms with E-state index < -0.39 is 11.9 Å². The molecule has 2 aromatic carbocycles. The first-order valence-corrected chi connectivity index (χ1v) is 12.1. The number of nitrogens with one attached hydrogen (secondary N) is 1. The standard InChI is InChI=1S/C23H29FN2O2.C4H4O4/c1-3-18(28-21-7-5-4-6-20(21)24)15-26-12-13-27-22-14-17-8-10-25-11-9-19(17)16(2)23(22)26;5-3(6)1-2-4(7)8/h4-7,14,18,25H,3,8-13,15H2,1-2H3;1-2H,(H,5,6)(H,7,8)/b;2-1+. The zero-order valence-electron chi connectivity index (χ0n) is 20.6. The van der Waals surface area contributed by atoms with E-state index in [1.807, 2.05) is 6.07 Å².